The Bertz CT molecular complexity index is 1080. The summed E-state index contributed by atoms with van der Waals surface area (Å²) >= 11 is 0. The molecular formula is C22H24N4O5. The minimum Gasteiger partial charge on any atom is -0.493 e. The molecule has 0 spiro atoms. The summed E-state index contributed by atoms with van der Waals surface area (Å²) in [7, 11) is 4.38. The third-order valence-corrected chi connectivity index (χ3v) is 4.60. The number of nitrogens with zero attached hydrogens (tertiary/aromatic N) is 2. The van der Waals surface area contributed by atoms with Crippen molar-refractivity contribution >= 4 is 11.8 Å². The SMILES string of the molecule is COc1cc(C(=O)NNC(=O)c2ccc(-n3nc(C)cc3C)cc2)cc(OC)c1OC. The van der Waals surface area contributed by atoms with Crippen molar-refractivity contribution in [3.8, 4) is 22.9 Å². The summed E-state index contributed by atoms with van der Waals surface area (Å²) in [5, 5.41) is 4.42. The quantitative estimate of drug-likeness (QED) is 0.590. The number of hydrogen-bond donors (Lipinski definition) is 2. The molecule has 3 aromatic rings. The smallest absolute Gasteiger partial charge is 0.269 e. The Labute approximate surface area is 179 Å². The van der Waals surface area contributed by atoms with Gasteiger partial charge in [0.25, 0.3) is 11.8 Å². The van der Waals surface area contributed by atoms with Gasteiger partial charge >= 0.3 is 0 Å². The maximum absolute atomic E-state index is 12.5. The van der Waals surface area contributed by atoms with E-state index in [1.165, 1.54) is 33.5 Å². The summed E-state index contributed by atoms with van der Waals surface area (Å²) in [6.07, 6.45) is 0. The molecule has 1 heterocycles. The molecule has 9 nitrogen and oxygen atoms in total. The molecule has 9 heteroatoms. The first-order valence-electron chi connectivity index (χ1n) is 9.42. The first kappa shape index (κ1) is 21.7. The predicted octanol–water partition coefficient (Wildman–Crippen LogP) is 2.59. The standard InChI is InChI=1S/C22H24N4O5/c1-13-10-14(2)26(25-13)17-8-6-15(7-9-17)21(27)23-24-22(28)16-11-18(29-3)20(31-5)19(12-16)30-4/h6-12H,1-5H3,(H,23,27)(H,24,28). The van der Waals surface area contributed by atoms with Crippen LogP contribution in [0.1, 0.15) is 32.1 Å². The maximum Gasteiger partial charge on any atom is 0.269 e. The Hall–Kier alpha value is -4.01. The Morgan fingerprint density at radius 1 is 0.806 bits per heavy atom. The van der Waals surface area contributed by atoms with Crippen LogP contribution in [-0.2, 0) is 0 Å². The third-order valence-electron chi connectivity index (χ3n) is 4.60. The summed E-state index contributed by atoms with van der Waals surface area (Å²) in [4.78, 5) is 24.9. The van der Waals surface area contributed by atoms with Crippen molar-refractivity contribution in [2.24, 2.45) is 0 Å². The number of rotatable bonds is 6. The van der Waals surface area contributed by atoms with E-state index in [4.69, 9.17) is 14.2 Å². The zero-order valence-corrected chi connectivity index (χ0v) is 18.0. The maximum atomic E-state index is 12.5. The van der Waals surface area contributed by atoms with E-state index >= 15 is 0 Å². The molecule has 0 aliphatic carbocycles. The number of amides is 2. The van der Waals surface area contributed by atoms with Crippen LogP contribution in [0.5, 0.6) is 17.2 Å². The molecule has 2 N–H and O–H groups in total. The third kappa shape index (κ3) is 4.61. The average molecular weight is 424 g/mol. The zero-order chi connectivity index (χ0) is 22.5. The summed E-state index contributed by atoms with van der Waals surface area (Å²) in [5.74, 6) is 0.0389. The summed E-state index contributed by atoms with van der Waals surface area (Å²) in [6, 6.07) is 11.8. The van der Waals surface area contributed by atoms with Crippen LogP contribution < -0.4 is 25.1 Å². The Morgan fingerprint density at radius 2 is 1.35 bits per heavy atom. The lowest BCUT2D eigenvalue weighted by Gasteiger charge is -2.14. The highest BCUT2D eigenvalue weighted by Gasteiger charge is 2.17. The van der Waals surface area contributed by atoms with Gasteiger partial charge in [0.1, 0.15) is 0 Å². The monoisotopic (exact) mass is 424 g/mol. The molecule has 2 amide bonds. The van der Waals surface area contributed by atoms with Gasteiger partial charge in [0.2, 0.25) is 5.75 Å². The lowest BCUT2D eigenvalue weighted by atomic mass is 10.1. The van der Waals surface area contributed by atoms with E-state index in [1.807, 2.05) is 19.9 Å². The van der Waals surface area contributed by atoms with E-state index in [2.05, 4.69) is 16.0 Å². The van der Waals surface area contributed by atoms with Crippen LogP contribution in [0.4, 0.5) is 0 Å². The van der Waals surface area contributed by atoms with E-state index in [-0.39, 0.29) is 5.56 Å². The average Bonchev–Trinajstić information content (AvgIpc) is 3.13. The molecule has 0 bridgehead atoms. The number of carbonyl (C=O) groups excluding carboxylic acids is 2. The number of methoxy groups -OCH3 is 3. The molecule has 0 atom stereocenters. The topological polar surface area (TPSA) is 104 Å². The van der Waals surface area contributed by atoms with E-state index in [9.17, 15) is 9.59 Å². The van der Waals surface area contributed by atoms with Crippen molar-refractivity contribution in [2.45, 2.75) is 13.8 Å². The van der Waals surface area contributed by atoms with Crippen molar-refractivity contribution < 1.29 is 23.8 Å². The highest BCUT2D eigenvalue weighted by atomic mass is 16.5. The minimum atomic E-state index is -0.535. The van der Waals surface area contributed by atoms with Gasteiger partial charge in [-0.15, -0.1) is 0 Å². The zero-order valence-electron chi connectivity index (χ0n) is 18.0. The molecule has 162 valence electrons. The molecule has 0 unspecified atom stereocenters. The molecule has 2 aromatic carbocycles. The Morgan fingerprint density at radius 3 is 1.81 bits per heavy atom. The fourth-order valence-corrected chi connectivity index (χ4v) is 3.11. The molecule has 0 aliphatic rings. The Kier molecular flexibility index (Phi) is 6.44. The van der Waals surface area contributed by atoms with Crippen molar-refractivity contribution in [2.75, 3.05) is 21.3 Å². The predicted molar refractivity (Wildman–Crippen MR) is 114 cm³/mol. The first-order valence-corrected chi connectivity index (χ1v) is 9.42. The minimum absolute atomic E-state index is 0.231. The lowest BCUT2D eigenvalue weighted by molar-refractivity contribution is 0.0846. The van der Waals surface area contributed by atoms with Gasteiger partial charge in [-0.2, -0.15) is 5.10 Å². The number of hydrazine groups is 1. The number of hydrogen-bond acceptors (Lipinski definition) is 6. The van der Waals surface area contributed by atoms with Crippen LogP contribution in [0.15, 0.2) is 42.5 Å². The van der Waals surface area contributed by atoms with Crippen LogP contribution in [-0.4, -0.2) is 42.9 Å². The normalized spacial score (nSPS) is 10.4. The first-order chi connectivity index (χ1) is 14.9. The van der Waals surface area contributed by atoms with Gasteiger partial charge in [0.15, 0.2) is 11.5 Å². The summed E-state index contributed by atoms with van der Waals surface area (Å²) in [6.45, 7) is 3.88. The largest absolute Gasteiger partial charge is 0.493 e. The fourth-order valence-electron chi connectivity index (χ4n) is 3.11. The second kappa shape index (κ2) is 9.21. The highest BCUT2D eigenvalue weighted by molar-refractivity contribution is 5.99. The van der Waals surface area contributed by atoms with Crippen molar-refractivity contribution in [3.63, 3.8) is 0 Å². The Balaban J connectivity index is 1.69. The molecule has 31 heavy (non-hydrogen) atoms. The van der Waals surface area contributed by atoms with Gasteiger partial charge in [-0.25, -0.2) is 4.68 Å². The van der Waals surface area contributed by atoms with Crippen LogP contribution in [0.3, 0.4) is 0 Å². The van der Waals surface area contributed by atoms with Gasteiger partial charge < -0.3 is 14.2 Å². The van der Waals surface area contributed by atoms with Crippen molar-refractivity contribution in [3.05, 3.63) is 65.0 Å². The van der Waals surface area contributed by atoms with E-state index in [1.54, 1.807) is 28.9 Å². The highest BCUT2D eigenvalue weighted by Crippen LogP contribution is 2.38. The number of carbonyl (C=O) groups is 2. The van der Waals surface area contributed by atoms with Crippen LogP contribution >= 0.6 is 0 Å². The molecular weight excluding hydrogens is 400 g/mol. The number of ether oxygens (including phenoxy) is 3. The lowest BCUT2D eigenvalue weighted by Crippen LogP contribution is -2.41. The van der Waals surface area contributed by atoms with Crippen LogP contribution in [0.25, 0.3) is 5.69 Å². The molecule has 0 saturated carbocycles. The molecule has 3 rings (SSSR count). The van der Waals surface area contributed by atoms with Gasteiger partial charge in [-0.3, -0.25) is 20.4 Å². The fraction of sp³-hybridized carbons (Fsp3) is 0.227. The molecule has 1 aromatic heterocycles. The van der Waals surface area contributed by atoms with E-state index in [0.29, 0.717) is 22.8 Å². The number of aromatic nitrogens is 2. The summed E-state index contributed by atoms with van der Waals surface area (Å²) < 4.78 is 17.5. The second-order valence-corrected chi connectivity index (χ2v) is 6.71. The van der Waals surface area contributed by atoms with E-state index < -0.39 is 11.8 Å². The summed E-state index contributed by atoms with van der Waals surface area (Å²) in [5.41, 5.74) is 8.15. The number of nitrogens with one attached hydrogen (secondary N) is 2. The van der Waals surface area contributed by atoms with Crippen LogP contribution in [0.2, 0.25) is 0 Å². The van der Waals surface area contributed by atoms with Gasteiger partial charge in [-0.1, -0.05) is 0 Å². The van der Waals surface area contributed by atoms with Crippen molar-refractivity contribution in [1.29, 1.82) is 0 Å². The van der Waals surface area contributed by atoms with Crippen LogP contribution in [0, 0.1) is 13.8 Å². The van der Waals surface area contributed by atoms with Crippen molar-refractivity contribution in [1.82, 2.24) is 20.6 Å². The van der Waals surface area contributed by atoms with Gasteiger partial charge in [0.05, 0.1) is 32.7 Å². The number of benzene rings is 2. The number of aryl methyl sites for hydroxylation is 2. The van der Waals surface area contributed by atoms with Gasteiger partial charge in [0, 0.05) is 16.8 Å². The second-order valence-electron chi connectivity index (χ2n) is 6.71. The molecule has 0 radical (unpaired) electrons. The molecule has 0 fully saturated rings. The van der Waals surface area contributed by atoms with E-state index in [0.717, 1.165) is 17.1 Å². The molecule has 0 aliphatic heterocycles. The van der Waals surface area contributed by atoms with Gasteiger partial charge in [-0.05, 0) is 56.3 Å². The molecule has 0 saturated heterocycles.